The van der Waals surface area contributed by atoms with Crippen LogP contribution in [0.5, 0.6) is 0 Å². The average Bonchev–Trinajstić information content (AvgIpc) is 2.98. The summed E-state index contributed by atoms with van der Waals surface area (Å²) >= 11 is 0. The minimum absolute atomic E-state index is 0.481. The lowest BCUT2D eigenvalue weighted by atomic mass is 9.80. The molecule has 5 nitrogen and oxygen atoms in total. The molecule has 0 aromatic carbocycles. The van der Waals surface area contributed by atoms with Crippen LogP contribution in [0.1, 0.15) is 39.5 Å². The first-order chi connectivity index (χ1) is 10.2. The molecule has 0 saturated carbocycles. The van der Waals surface area contributed by atoms with E-state index in [0.717, 1.165) is 24.7 Å². The zero-order valence-corrected chi connectivity index (χ0v) is 12.9. The highest BCUT2D eigenvalue weighted by molar-refractivity contribution is 5.43. The first kappa shape index (κ1) is 14.0. The van der Waals surface area contributed by atoms with E-state index in [2.05, 4.69) is 39.8 Å². The van der Waals surface area contributed by atoms with Gasteiger partial charge in [-0.3, -0.25) is 4.57 Å². The predicted octanol–water partition coefficient (Wildman–Crippen LogP) is 3.07. The minimum Gasteiger partial charge on any atom is -0.356 e. The molecule has 2 aromatic rings. The van der Waals surface area contributed by atoms with E-state index in [0.29, 0.717) is 5.41 Å². The van der Waals surface area contributed by atoms with E-state index in [1.54, 1.807) is 18.9 Å². The van der Waals surface area contributed by atoms with Crippen LogP contribution in [0.15, 0.2) is 31.1 Å². The molecule has 3 rings (SSSR count). The minimum atomic E-state index is 0.481. The van der Waals surface area contributed by atoms with Crippen LogP contribution in [0.25, 0.3) is 5.82 Å². The summed E-state index contributed by atoms with van der Waals surface area (Å²) < 4.78 is 1.92. The Balaban J connectivity index is 1.79. The highest BCUT2D eigenvalue weighted by Crippen LogP contribution is 2.34. The fraction of sp³-hybridized carbons (Fsp3) is 0.562. The van der Waals surface area contributed by atoms with Crippen LogP contribution in [0.4, 0.5) is 5.82 Å². The van der Waals surface area contributed by atoms with Gasteiger partial charge in [0.25, 0.3) is 0 Å². The van der Waals surface area contributed by atoms with Crippen LogP contribution in [0.3, 0.4) is 0 Å². The summed E-state index contributed by atoms with van der Waals surface area (Å²) in [6.45, 7) is 6.87. The number of hydrogen-bond acceptors (Lipinski definition) is 4. The van der Waals surface area contributed by atoms with Crippen molar-refractivity contribution in [1.29, 1.82) is 0 Å². The van der Waals surface area contributed by atoms with Gasteiger partial charge >= 0.3 is 0 Å². The second kappa shape index (κ2) is 5.84. The van der Waals surface area contributed by atoms with E-state index in [1.807, 2.05) is 10.8 Å². The molecular weight excluding hydrogens is 262 g/mol. The van der Waals surface area contributed by atoms with Gasteiger partial charge in [0.15, 0.2) is 0 Å². The van der Waals surface area contributed by atoms with E-state index < -0.39 is 0 Å². The van der Waals surface area contributed by atoms with Crippen molar-refractivity contribution >= 4 is 5.82 Å². The summed E-state index contributed by atoms with van der Waals surface area (Å²) in [6.07, 6.45) is 12.1. The number of rotatable bonds is 3. The molecule has 1 aliphatic heterocycles. The largest absolute Gasteiger partial charge is 0.356 e. The van der Waals surface area contributed by atoms with Crippen molar-refractivity contribution in [3.8, 4) is 5.82 Å². The van der Waals surface area contributed by atoms with Gasteiger partial charge in [0.1, 0.15) is 24.3 Å². The SMILES string of the molecule is CC[C@]1(C)CCCN(c2cc(-n3ccnc3)ncn2)CC1. The molecule has 1 fully saturated rings. The second-order valence-electron chi connectivity index (χ2n) is 6.21. The molecule has 0 bridgehead atoms. The standard InChI is InChI=1S/C16H23N5/c1-3-16(2)5-4-8-20(9-6-16)14-11-15(19-12-18-14)21-10-7-17-13-21/h7,10-13H,3-6,8-9H2,1-2H3/t16-/m1/s1. The lowest BCUT2D eigenvalue weighted by Crippen LogP contribution is -2.26. The quantitative estimate of drug-likeness (QED) is 0.869. The van der Waals surface area contributed by atoms with E-state index in [9.17, 15) is 0 Å². The molecule has 0 amide bonds. The van der Waals surface area contributed by atoms with Gasteiger partial charge in [-0.05, 0) is 24.7 Å². The summed E-state index contributed by atoms with van der Waals surface area (Å²) in [4.78, 5) is 15.3. The van der Waals surface area contributed by atoms with Crippen LogP contribution in [-0.4, -0.2) is 32.6 Å². The molecule has 0 radical (unpaired) electrons. The molecule has 21 heavy (non-hydrogen) atoms. The Kier molecular flexibility index (Phi) is 3.90. The highest BCUT2D eigenvalue weighted by Gasteiger charge is 2.26. The van der Waals surface area contributed by atoms with Crippen molar-refractivity contribution in [2.24, 2.45) is 5.41 Å². The first-order valence-electron chi connectivity index (χ1n) is 7.75. The predicted molar refractivity (Wildman–Crippen MR) is 83.6 cm³/mol. The van der Waals surface area contributed by atoms with Crippen LogP contribution >= 0.6 is 0 Å². The molecule has 0 N–H and O–H groups in total. The van der Waals surface area contributed by atoms with Gasteiger partial charge in [0, 0.05) is 31.5 Å². The van der Waals surface area contributed by atoms with Crippen molar-refractivity contribution in [3.63, 3.8) is 0 Å². The molecule has 1 aliphatic rings. The van der Waals surface area contributed by atoms with Gasteiger partial charge in [-0.15, -0.1) is 0 Å². The summed E-state index contributed by atoms with van der Waals surface area (Å²) in [6, 6.07) is 2.05. The van der Waals surface area contributed by atoms with Crippen LogP contribution in [0.2, 0.25) is 0 Å². The molecule has 0 spiro atoms. The van der Waals surface area contributed by atoms with E-state index >= 15 is 0 Å². The van der Waals surface area contributed by atoms with Crippen molar-refractivity contribution < 1.29 is 0 Å². The second-order valence-corrected chi connectivity index (χ2v) is 6.21. The Morgan fingerprint density at radius 2 is 2.05 bits per heavy atom. The Labute approximate surface area is 126 Å². The first-order valence-corrected chi connectivity index (χ1v) is 7.75. The lowest BCUT2D eigenvalue weighted by molar-refractivity contribution is 0.275. The lowest BCUT2D eigenvalue weighted by Gasteiger charge is -2.27. The third kappa shape index (κ3) is 3.06. The average molecular weight is 285 g/mol. The monoisotopic (exact) mass is 285 g/mol. The van der Waals surface area contributed by atoms with Crippen molar-refractivity contribution in [1.82, 2.24) is 19.5 Å². The number of anilines is 1. The molecule has 0 unspecified atom stereocenters. The zero-order valence-electron chi connectivity index (χ0n) is 12.9. The maximum absolute atomic E-state index is 4.47. The fourth-order valence-electron chi connectivity index (χ4n) is 2.97. The molecule has 1 saturated heterocycles. The molecule has 0 aliphatic carbocycles. The van der Waals surface area contributed by atoms with Gasteiger partial charge < -0.3 is 4.90 Å². The van der Waals surface area contributed by atoms with Crippen molar-refractivity contribution in [3.05, 3.63) is 31.1 Å². The van der Waals surface area contributed by atoms with Crippen LogP contribution in [0, 0.1) is 5.41 Å². The van der Waals surface area contributed by atoms with Gasteiger partial charge in [0.05, 0.1) is 0 Å². The summed E-state index contributed by atoms with van der Waals surface area (Å²) in [7, 11) is 0. The number of aromatic nitrogens is 4. The maximum atomic E-state index is 4.47. The summed E-state index contributed by atoms with van der Waals surface area (Å²) in [5.74, 6) is 1.90. The third-order valence-corrected chi connectivity index (χ3v) is 4.78. The zero-order chi connectivity index (χ0) is 14.7. The number of nitrogens with zero attached hydrogens (tertiary/aromatic N) is 5. The van der Waals surface area contributed by atoms with Crippen LogP contribution in [-0.2, 0) is 0 Å². The highest BCUT2D eigenvalue weighted by atomic mass is 15.2. The van der Waals surface area contributed by atoms with Gasteiger partial charge in [-0.1, -0.05) is 20.3 Å². The van der Waals surface area contributed by atoms with E-state index in [1.165, 1.54) is 25.7 Å². The summed E-state index contributed by atoms with van der Waals surface area (Å²) in [5.41, 5.74) is 0.481. The van der Waals surface area contributed by atoms with E-state index in [4.69, 9.17) is 0 Å². The Morgan fingerprint density at radius 3 is 2.81 bits per heavy atom. The Bertz CT molecular complexity index is 580. The third-order valence-electron chi connectivity index (χ3n) is 4.78. The molecule has 2 aromatic heterocycles. The smallest absolute Gasteiger partial charge is 0.143 e. The Morgan fingerprint density at radius 1 is 1.19 bits per heavy atom. The number of imidazole rings is 1. The normalized spacial score (nSPS) is 23.0. The Hall–Kier alpha value is -1.91. The van der Waals surface area contributed by atoms with Gasteiger partial charge in [-0.25, -0.2) is 15.0 Å². The molecular formula is C16H23N5. The molecule has 5 heteroatoms. The van der Waals surface area contributed by atoms with Gasteiger partial charge in [0.2, 0.25) is 0 Å². The number of hydrogen-bond donors (Lipinski definition) is 0. The fourth-order valence-corrected chi connectivity index (χ4v) is 2.97. The molecule has 112 valence electrons. The maximum Gasteiger partial charge on any atom is 0.143 e. The van der Waals surface area contributed by atoms with Crippen molar-refractivity contribution in [2.75, 3.05) is 18.0 Å². The van der Waals surface area contributed by atoms with Gasteiger partial charge in [-0.2, -0.15) is 0 Å². The molecule has 3 heterocycles. The van der Waals surface area contributed by atoms with E-state index in [-0.39, 0.29) is 0 Å². The summed E-state index contributed by atoms with van der Waals surface area (Å²) in [5, 5.41) is 0. The van der Waals surface area contributed by atoms with Crippen LogP contribution < -0.4 is 4.90 Å². The molecule has 1 atom stereocenters. The topological polar surface area (TPSA) is 46.8 Å². The van der Waals surface area contributed by atoms with Crippen molar-refractivity contribution in [2.45, 2.75) is 39.5 Å².